The van der Waals surface area contributed by atoms with Crippen LogP contribution in [0.15, 0.2) is 18.2 Å². The maximum atomic E-state index is 5.60. The van der Waals surface area contributed by atoms with E-state index in [9.17, 15) is 0 Å². The van der Waals surface area contributed by atoms with Gasteiger partial charge in [0.15, 0.2) is 0 Å². The van der Waals surface area contributed by atoms with E-state index in [0.717, 1.165) is 25.3 Å². The van der Waals surface area contributed by atoms with Crippen molar-refractivity contribution in [3.8, 4) is 5.75 Å². The smallest absolute Gasteiger partial charge is 0.123 e. The maximum Gasteiger partial charge on any atom is 0.123 e. The fraction of sp³-hybridized carbons (Fsp3) is 0.625. The molecule has 1 aliphatic rings. The second-order valence-electron chi connectivity index (χ2n) is 5.50. The minimum Gasteiger partial charge on any atom is -0.496 e. The van der Waals surface area contributed by atoms with E-state index in [4.69, 9.17) is 9.47 Å². The summed E-state index contributed by atoms with van der Waals surface area (Å²) in [4.78, 5) is 0. The van der Waals surface area contributed by atoms with E-state index in [2.05, 4.69) is 38.2 Å². The molecular formula is C16H25NO2. The van der Waals surface area contributed by atoms with E-state index >= 15 is 0 Å². The third-order valence-electron chi connectivity index (χ3n) is 4.07. The number of hydrogen-bond acceptors (Lipinski definition) is 3. The Morgan fingerprint density at radius 3 is 2.89 bits per heavy atom. The van der Waals surface area contributed by atoms with E-state index in [-0.39, 0.29) is 0 Å². The van der Waals surface area contributed by atoms with Crippen LogP contribution in [0.1, 0.15) is 37.4 Å². The van der Waals surface area contributed by atoms with Gasteiger partial charge in [-0.2, -0.15) is 0 Å². The van der Waals surface area contributed by atoms with Crippen LogP contribution in [0.3, 0.4) is 0 Å². The summed E-state index contributed by atoms with van der Waals surface area (Å²) in [5.74, 6) is 1.58. The second kappa shape index (κ2) is 6.40. The summed E-state index contributed by atoms with van der Waals surface area (Å²) in [6.45, 7) is 8.37. The van der Waals surface area contributed by atoms with Crippen molar-refractivity contribution in [2.45, 2.75) is 39.3 Å². The lowest BCUT2D eigenvalue weighted by Gasteiger charge is -2.21. The van der Waals surface area contributed by atoms with Crippen molar-refractivity contribution in [2.24, 2.45) is 5.92 Å². The number of methoxy groups -OCH3 is 1. The van der Waals surface area contributed by atoms with E-state index in [1.54, 1.807) is 7.11 Å². The topological polar surface area (TPSA) is 30.5 Å². The number of aryl methyl sites for hydroxylation is 1. The molecule has 0 amide bonds. The molecule has 1 N–H and O–H groups in total. The highest BCUT2D eigenvalue weighted by molar-refractivity contribution is 5.38. The van der Waals surface area contributed by atoms with Gasteiger partial charge in [0.05, 0.1) is 13.2 Å². The van der Waals surface area contributed by atoms with Crippen LogP contribution in [0.4, 0.5) is 0 Å². The molecule has 2 rings (SSSR count). The molecule has 3 unspecified atom stereocenters. The number of nitrogens with one attached hydrogen (secondary N) is 1. The standard InChI is InChI=1S/C16H25NO2/c1-11-5-6-16(18-4)15(9-11)12(2)17-10-14-7-8-19-13(14)3/h5-6,9,12-14,17H,7-8,10H2,1-4H3. The Morgan fingerprint density at radius 1 is 1.47 bits per heavy atom. The third kappa shape index (κ3) is 3.48. The highest BCUT2D eigenvalue weighted by Gasteiger charge is 2.24. The zero-order valence-electron chi connectivity index (χ0n) is 12.4. The molecule has 1 aliphatic heterocycles. The fourth-order valence-electron chi connectivity index (χ4n) is 2.67. The number of ether oxygens (including phenoxy) is 2. The van der Waals surface area contributed by atoms with Crippen molar-refractivity contribution in [1.29, 1.82) is 0 Å². The zero-order valence-corrected chi connectivity index (χ0v) is 12.4. The van der Waals surface area contributed by atoms with E-state index in [1.165, 1.54) is 11.1 Å². The largest absolute Gasteiger partial charge is 0.496 e. The first-order valence-electron chi connectivity index (χ1n) is 7.11. The fourth-order valence-corrected chi connectivity index (χ4v) is 2.67. The predicted molar refractivity (Wildman–Crippen MR) is 77.7 cm³/mol. The van der Waals surface area contributed by atoms with Gasteiger partial charge in [-0.1, -0.05) is 17.7 Å². The van der Waals surface area contributed by atoms with Gasteiger partial charge in [0.2, 0.25) is 0 Å². The molecule has 1 heterocycles. The molecule has 0 aromatic heterocycles. The molecule has 0 saturated carbocycles. The van der Waals surface area contributed by atoms with Gasteiger partial charge >= 0.3 is 0 Å². The van der Waals surface area contributed by atoms with Gasteiger partial charge in [-0.25, -0.2) is 0 Å². The Morgan fingerprint density at radius 2 is 2.26 bits per heavy atom. The van der Waals surface area contributed by atoms with Crippen molar-refractivity contribution in [1.82, 2.24) is 5.32 Å². The van der Waals surface area contributed by atoms with Crippen LogP contribution in [0.2, 0.25) is 0 Å². The molecule has 1 aromatic rings. The van der Waals surface area contributed by atoms with Crippen LogP contribution in [-0.2, 0) is 4.74 Å². The van der Waals surface area contributed by atoms with E-state index < -0.39 is 0 Å². The van der Waals surface area contributed by atoms with Crippen LogP contribution in [0.5, 0.6) is 5.75 Å². The first-order chi connectivity index (χ1) is 9.11. The zero-order chi connectivity index (χ0) is 13.8. The summed E-state index contributed by atoms with van der Waals surface area (Å²) >= 11 is 0. The Bertz CT molecular complexity index is 419. The molecule has 1 aromatic carbocycles. The number of rotatable bonds is 5. The Labute approximate surface area is 116 Å². The average Bonchev–Trinajstić information content (AvgIpc) is 2.81. The Balaban J connectivity index is 1.99. The molecule has 106 valence electrons. The summed E-state index contributed by atoms with van der Waals surface area (Å²) in [6, 6.07) is 6.62. The van der Waals surface area contributed by atoms with Gasteiger partial charge in [-0.15, -0.1) is 0 Å². The van der Waals surface area contributed by atoms with Gasteiger partial charge in [-0.05, 0) is 39.2 Å². The Hall–Kier alpha value is -1.06. The molecular weight excluding hydrogens is 238 g/mol. The van der Waals surface area contributed by atoms with Crippen molar-refractivity contribution in [2.75, 3.05) is 20.3 Å². The number of hydrogen-bond donors (Lipinski definition) is 1. The molecule has 0 radical (unpaired) electrons. The van der Waals surface area contributed by atoms with Crippen LogP contribution in [0, 0.1) is 12.8 Å². The minimum atomic E-state index is 0.294. The lowest BCUT2D eigenvalue weighted by Crippen LogP contribution is -2.29. The summed E-state index contributed by atoms with van der Waals surface area (Å²) in [7, 11) is 1.73. The van der Waals surface area contributed by atoms with Crippen LogP contribution in [0.25, 0.3) is 0 Å². The predicted octanol–water partition coefficient (Wildman–Crippen LogP) is 3.08. The van der Waals surface area contributed by atoms with E-state index in [1.807, 2.05) is 6.07 Å². The maximum absolute atomic E-state index is 5.60. The van der Waals surface area contributed by atoms with Gasteiger partial charge in [0, 0.05) is 24.8 Å². The lowest BCUT2D eigenvalue weighted by atomic mass is 10.0. The van der Waals surface area contributed by atoms with Crippen molar-refractivity contribution >= 4 is 0 Å². The molecule has 0 spiro atoms. The van der Waals surface area contributed by atoms with Crippen molar-refractivity contribution in [3.05, 3.63) is 29.3 Å². The van der Waals surface area contributed by atoms with Gasteiger partial charge in [0.25, 0.3) is 0 Å². The highest BCUT2D eigenvalue weighted by atomic mass is 16.5. The SMILES string of the molecule is COc1ccc(C)cc1C(C)NCC1CCOC1C. The molecule has 1 fully saturated rings. The molecule has 1 saturated heterocycles. The second-order valence-corrected chi connectivity index (χ2v) is 5.50. The molecule has 0 bridgehead atoms. The molecule has 3 atom stereocenters. The summed E-state index contributed by atoms with van der Waals surface area (Å²) in [6.07, 6.45) is 1.53. The van der Waals surface area contributed by atoms with Gasteiger partial charge < -0.3 is 14.8 Å². The minimum absolute atomic E-state index is 0.294. The lowest BCUT2D eigenvalue weighted by molar-refractivity contribution is 0.105. The molecule has 0 aliphatic carbocycles. The number of benzene rings is 1. The first-order valence-corrected chi connectivity index (χ1v) is 7.11. The molecule has 3 heteroatoms. The van der Waals surface area contributed by atoms with Crippen LogP contribution < -0.4 is 10.1 Å². The third-order valence-corrected chi connectivity index (χ3v) is 4.07. The van der Waals surface area contributed by atoms with Crippen molar-refractivity contribution < 1.29 is 9.47 Å². The van der Waals surface area contributed by atoms with Crippen molar-refractivity contribution in [3.63, 3.8) is 0 Å². The summed E-state index contributed by atoms with van der Waals surface area (Å²) < 4.78 is 11.1. The quantitative estimate of drug-likeness (QED) is 0.885. The first kappa shape index (κ1) is 14.4. The Kier molecular flexibility index (Phi) is 4.83. The summed E-state index contributed by atoms with van der Waals surface area (Å²) in [5.41, 5.74) is 2.50. The summed E-state index contributed by atoms with van der Waals surface area (Å²) in [5, 5.41) is 3.61. The average molecular weight is 263 g/mol. The van der Waals surface area contributed by atoms with Crippen LogP contribution >= 0.6 is 0 Å². The van der Waals surface area contributed by atoms with Gasteiger partial charge in [-0.3, -0.25) is 0 Å². The highest BCUT2D eigenvalue weighted by Crippen LogP contribution is 2.27. The molecule has 19 heavy (non-hydrogen) atoms. The monoisotopic (exact) mass is 263 g/mol. The van der Waals surface area contributed by atoms with Crippen LogP contribution in [-0.4, -0.2) is 26.4 Å². The normalized spacial score (nSPS) is 24.4. The van der Waals surface area contributed by atoms with E-state index in [0.29, 0.717) is 18.1 Å². The molecule has 3 nitrogen and oxygen atoms in total. The van der Waals surface area contributed by atoms with Gasteiger partial charge in [0.1, 0.15) is 5.75 Å².